The molecule has 406 valence electrons. The molecule has 0 saturated carbocycles. The van der Waals surface area contributed by atoms with Gasteiger partial charge in [0.05, 0.1) is 0 Å². The van der Waals surface area contributed by atoms with Crippen molar-refractivity contribution in [2.75, 3.05) is 26.2 Å². The third-order valence-corrected chi connectivity index (χ3v) is 15.0. The van der Waals surface area contributed by atoms with Gasteiger partial charge >= 0.3 is 0 Å². The van der Waals surface area contributed by atoms with E-state index in [0.717, 1.165) is 36.7 Å². The number of nitrogens with zero attached hydrogens (tertiary/aromatic N) is 2. The highest BCUT2D eigenvalue weighted by molar-refractivity contribution is 5.97. The summed E-state index contributed by atoms with van der Waals surface area (Å²) in [4.78, 5) is 103. The minimum Gasteiger partial charge on any atom is -0.508 e. The van der Waals surface area contributed by atoms with Crippen LogP contribution in [0.2, 0.25) is 0 Å². The summed E-state index contributed by atoms with van der Waals surface area (Å²) in [5.74, 6) is -1.52. The largest absolute Gasteiger partial charge is 0.508 e. The van der Waals surface area contributed by atoms with Gasteiger partial charge in [0.15, 0.2) is 0 Å². The van der Waals surface area contributed by atoms with Crippen LogP contribution in [0.4, 0.5) is 0 Å². The van der Waals surface area contributed by atoms with Gasteiger partial charge in [0, 0.05) is 31.6 Å². The second-order valence-electron chi connectivity index (χ2n) is 21.4. The standard InChI is InChI=1S/C55H93N9O8/c1-7-38(5)36-39(6)18-13-11-9-10-12-14-22-49(66)59-44-30-26-41(31-33-57-37(3)4)58-52(69)47-20-16-35-64(47)55(72)46(19-15-32-56)62-51(68)45(29-25-40-23-27-42(65)28-24-40)61-53(70)48-21-17-34-63(48)54(71)43(8-2)60-50(44)67/h23-24,27-28,37-39,41,43-48,57,65H,7-22,25-26,29-36,56H2,1-6H3,(H,58,69)(H,59,66)(H,60,67)(H,61,70)(H,62,68). The van der Waals surface area contributed by atoms with E-state index in [1.165, 1.54) is 41.9 Å². The molecule has 1 aromatic carbocycles. The fraction of sp³-hybridized carbons (Fsp3) is 0.764. The van der Waals surface area contributed by atoms with E-state index in [1.807, 2.05) is 13.8 Å². The molecule has 0 aromatic heterocycles. The smallest absolute Gasteiger partial charge is 0.245 e. The first-order valence-corrected chi connectivity index (χ1v) is 27.9. The molecule has 3 aliphatic rings. The zero-order valence-electron chi connectivity index (χ0n) is 44.7. The number of nitrogens with one attached hydrogen (secondary N) is 6. The quantitative estimate of drug-likeness (QED) is 0.0625. The van der Waals surface area contributed by atoms with Gasteiger partial charge < -0.3 is 52.5 Å². The Bertz CT molecular complexity index is 1870. The van der Waals surface area contributed by atoms with Crippen molar-refractivity contribution in [3.8, 4) is 5.75 Å². The average molecular weight is 1010 g/mol. The molecule has 3 saturated heterocycles. The van der Waals surface area contributed by atoms with Gasteiger partial charge in [-0.1, -0.05) is 98.6 Å². The second kappa shape index (κ2) is 31.7. The molecule has 72 heavy (non-hydrogen) atoms. The van der Waals surface area contributed by atoms with E-state index in [2.05, 4.69) is 52.7 Å². The SMILES string of the molecule is CCC(C)CC(C)CCCCCCCCC(=O)NC1CCC(CCNC(C)C)NC(=O)C2CCCN2C(=O)C(CCCN)NC(=O)C(CCc2ccc(O)cc2)NC(=O)C2CCCN2C(=O)C(CC)NC1=O. The number of phenolic OH excluding ortho intramolecular Hbond substituents is 1. The maximum Gasteiger partial charge on any atom is 0.245 e. The highest BCUT2D eigenvalue weighted by Crippen LogP contribution is 2.24. The number of aromatic hydroxyl groups is 1. The summed E-state index contributed by atoms with van der Waals surface area (Å²) >= 11 is 0. The Kier molecular flexibility index (Phi) is 26.4. The summed E-state index contributed by atoms with van der Waals surface area (Å²) in [7, 11) is 0. The lowest BCUT2D eigenvalue weighted by Crippen LogP contribution is -2.59. The Morgan fingerprint density at radius 3 is 1.90 bits per heavy atom. The molecule has 0 spiro atoms. The van der Waals surface area contributed by atoms with E-state index in [4.69, 9.17) is 5.73 Å². The molecule has 4 rings (SSSR count). The Morgan fingerprint density at radius 2 is 1.28 bits per heavy atom. The molecule has 3 heterocycles. The van der Waals surface area contributed by atoms with Crippen molar-refractivity contribution in [2.24, 2.45) is 17.6 Å². The lowest BCUT2D eigenvalue weighted by atomic mass is 9.91. The minimum atomic E-state index is -1.12. The maximum absolute atomic E-state index is 14.5. The normalized spacial score (nSPS) is 24.9. The number of unbranched alkanes of at least 4 members (excludes halogenated alkanes) is 5. The Hall–Kier alpha value is -4.77. The van der Waals surface area contributed by atoms with Crippen molar-refractivity contribution >= 4 is 41.4 Å². The number of amides is 7. The number of carbonyl (C=O) groups is 7. The van der Waals surface area contributed by atoms with E-state index in [1.54, 1.807) is 31.2 Å². The topological polar surface area (TPSA) is 244 Å². The van der Waals surface area contributed by atoms with Crippen molar-refractivity contribution < 1.29 is 38.7 Å². The molecule has 0 bridgehead atoms. The molecule has 9 atom stereocenters. The molecular formula is C55H93N9O8. The summed E-state index contributed by atoms with van der Waals surface area (Å²) in [6.45, 7) is 14.2. The van der Waals surface area contributed by atoms with Gasteiger partial charge in [-0.25, -0.2) is 0 Å². The summed E-state index contributed by atoms with van der Waals surface area (Å²) in [5, 5.41) is 28.3. The summed E-state index contributed by atoms with van der Waals surface area (Å²) < 4.78 is 0. The Morgan fingerprint density at radius 1 is 0.681 bits per heavy atom. The highest BCUT2D eigenvalue weighted by Gasteiger charge is 2.42. The van der Waals surface area contributed by atoms with Crippen molar-refractivity contribution in [1.82, 2.24) is 41.7 Å². The monoisotopic (exact) mass is 1010 g/mol. The molecule has 1 aromatic rings. The van der Waals surface area contributed by atoms with Crippen LogP contribution in [0.5, 0.6) is 5.75 Å². The van der Waals surface area contributed by atoms with E-state index >= 15 is 0 Å². The summed E-state index contributed by atoms with van der Waals surface area (Å²) in [6.07, 6.45) is 14.3. The lowest BCUT2D eigenvalue weighted by molar-refractivity contribution is -0.143. The van der Waals surface area contributed by atoms with Crippen LogP contribution < -0.4 is 37.6 Å². The minimum absolute atomic E-state index is 0.0871. The van der Waals surface area contributed by atoms with Crippen LogP contribution >= 0.6 is 0 Å². The number of nitrogens with two attached hydrogens (primary N) is 1. The van der Waals surface area contributed by atoms with E-state index in [0.29, 0.717) is 70.9 Å². The van der Waals surface area contributed by atoms with Crippen LogP contribution in [0.25, 0.3) is 0 Å². The van der Waals surface area contributed by atoms with Crippen molar-refractivity contribution in [3.63, 3.8) is 0 Å². The predicted octanol–water partition coefficient (Wildman–Crippen LogP) is 5.25. The highest BCUT2D eigenvalue weighted by atomic mass is 16.3. The van der Waals surface area contributed by atoms with Gasteiger partial charge in [0.25, 0.3) is 0 Å². The lowest BCUT2D eigenvalue weighted by Gasteiger charge is -2.31. The number of carbonyl (C=O) groups excluding carboxylic acids is 7. The van der Waals surface area contributed by atoms with Crippen molar-refractivity contribution in [1.29, 1.82) is 0 Å². The molecule has 17 heteroatoms. The fourth-order valence-electron chi connectivity index (χ4n) is 10.5. The zero-order valence-corrected chi connectivity index (χ0v) is 44.7. The number of hydrogen-bond donors (Lipinski definition) is 8. The number of aryl methyl sites for hydroxylation is 1. The molecule has 7 amide bonds. The first-order valence-electron chi connectivity index (χ1n) is 27.9. The van der Waals surface area contributed by atoms with Gasteiger partial charge in [-0.15, -0.1) is 0 Å². The second-order valence-corrected chi connectivity index (χ2v) is 21.4. The molecule has 0 radical (unpaired) electrons. The number of fused-ring (bicyclic) bond motifs is 2. The van der Waals surface area contributed by atoms with Crippen LogP contribution in [0.15, 0.2) is 24.3 Å². The van der Waals surface area contributed by atoms with Gasteiger partial charge in [-0.2, -0.15) is 0 Å². The number of hydrogen-bond acceptors (Lipinski definition) is 10. The molecule has 17 nitrogen and oxygen atoms in total. The third-order valence-electron chi connectivity index (χ3n) is 15.0. The zero-order chi connectivity index (χ0) is 52.6. The van der Waals surface area contributed by atoms with Crippen molar-refractivity contribution in [3.05, 3.63) is 29.8 Å². The molecule has 9 N–H and O–H groups in total. The van der Waals surface area contributed by atoms with Gasteiger partial charge in [0.1, 0.15) is 42.0 Å². The average Bonchev–Trinajstić information content (AvgIpc) is 4.06. The van der Waals surface area contributed by atoms with Gasteiger partial charge in [0.2, 0.25) is 41.4 Å². The maximum atomic E-state index is 14.5. The van der Waals surface area contributed by atoms with Crippen molar-refractivity contribution in [2.45, 2.75) is 231 Å². The number of benzene rings is 1. The van der Waals surface area contributed by atoms with Crippen LogP contribution in [0.1, 0.15) is 182 Å². The van der Waals surface area contributed by atoms with E-state index < -0.39 is 71.8 Å². The first-order chi connectivity index (χ1) is 34.5. The molecular weight excluding hydrogens is 915 g/mol. The molecule has 3 aliphatic heterocycles. The van der Waals surface area contributed by atoms with Crippen LogP contribution in [-0.2, 0) is 40.0 Å². The first kappa shape index (κ1) is 59.8. The molecule has 0 aliphatic carbocycles. The fourth-order valence-corrected chi connectivity index (χ4v) is 10.5. The summed E-state index contributed by atoms with van der Waals surface area (Å²) in [5.41, 5.74) is 6.74. The van der Waals surface area contributed by atoms with Crippen LogP contribution in [0.3, 0.4) is 0 Å². The molecule has 3 fully saturated rings. The summed E-state index contributed by atoms with van der Waals surface area (Å²) in [6, 6.07) is 0.391. The van der Waals surface area contributed by atoms with Crippen LogP contribution in [0, 0.1) is 11.8 Å². The third kappa shape index (κ3) is 19.9. The predicted molar refractivity (Wildman–Crippen MR) is 281 cm³/mol. The van der Waals surface area contributed by atoms with Gasteiger partial charge in [-0.3, -0.25) is 33.6 Å². The van der Waals surface area contributed by atoms with E-state index in [9.17, 15) is 38.7 Å². The molecule has 9 unspecified atom stereocenters. The van der Waals surface area contributed by atoms with Crippen LogP contribution in [-0.4, -0.2) is 131 Å². The number of rotatable bonds is 24. The Balaban J connectivity index is 1.60. The van der Waals surface area contributed by atoms with E-state index in [-0.39, 0.29) is 68.8 Å². The Labute approximate surface area is 430 Å². The van der Waals surface area contributed by atoms with Gasteiger partial charge in [-0.05, 0) is 133 Å². The number of phenols is 1.